The molecule has 7 rings (SSSR count). The molecule has 0 saturated carbocycles. The number of fused-ring (bicyclic) bond motifs is 6. The Kier molecular flexibility index (Phi) is 4.91. The number of ketones is 2. The third kappa shape index (κ3) is 2.94. The van der Waals surface area contributed by atoms with Crippen molar-refractivity contribution in [1.29, 1.82) is 0 Å². The number of carbonyl (C=O) groups excluding carboxylic acids is 3. The average Bonchev–Trinajstić information content (AvgIpc) is 3.45. The molecular formula is C32H23N3O3. The van der Waals surface area contributed by atoms with Crippen molar-refractivity contribution < 1.29 is 14.4 Å². The molecule has 0 unspecified atom stereocenters. The highest BCUT2D eigenvalue weighted by molar-refractivity contribution is 6.18. The topological polar surface area (TPSA) is 79.4 Å². The maximum absolute atomic E-state index is 14.5. The fourth-order valence-corrected chi connectivity index (χ4v) is 6.56. The Morgan fingerprint density at radius 3 is 2.37 bits per heavy atom. The molecule has 3 aromatic carbocycles. The van der Waals surface area contributed by atoms with Crippen LogP contribution in [-0.4, -0.2) is 34.5 Å². The molecular weight excluding hydrogens is 474 g/mol. The second-order valence-corrected chi connectivity index (χ2v) is 9.87. The molecule has 1 fully saturated rings. The van der Waals surface area contributed by atoms with Gasteiger partial charge in [0.2, 0.25) is 5.91 Å². The Hall–Kier alpha value is -4.84. The quantitative estimate of drug-likeness (QED) is 0.404. The number of hydrogen-bond donors (Lipinski definition) is 1. The molecule has 3 aliphatic heterocycles. The van der Waals surface area contributed by atoms with Gasteiger partial charge in [-0.3, -0.25) is 19.4 Å². The van der Waals surface area contributed by atoms with Gasteiger partial charge in [0, 0.05) is 23.1 Å². The molecule has 38 heavy (non-hydrogen) atoms. The van der Waals surface area contributed by atoms with E-state index in [0.29, 0.717) is 11.3 Å². The van der Waals surface area contributed by atoms with Crippen LogP contribution in [0.5, 0.6) is 0 Å². The minimum atomic E-state index is -1.33. The maximum atomic E-state index is 14.5. The van der Waals surface area contributed by atoms with Gasteiger partial charge in [0.25, 0.3) is 0 Å². The Labute approximate surface area is 219 Å². The Morgan fingerprint density at radius 2 is 1.55 bits per heavy atom. The second kappa shape index (κ2) is 8.35. The van der Waals surface area contributed by atoms with Crippen LogP contribution < -0.4 is 10.2 Å². The average molecular weight is 498 g/mol. The van der Waals surface area contributed by atoms with E-state index in [0.717, 1.165) is 16.8 Å². The van der Waals surface area contributed by atoms with Gasteiger partial charge >= 0.3 is 0 Å². The monoisotopic (exact) mass is 497 g/mol. The van der Waals surface area contributed by atoms with E-state index in [2.05, 4.69) is 10.3 Å². The number of para-hydroxylation sites is 2. The fourth-order valence-electron chi connectivity index (χ4n) is 6.56. The smallest absolute Gasteiger partial charge is 0.238 e. The molecule has 6 nitrogen and oxygen atoms in total. The predicted molar refractivity (Wildman–Crippen MR) is 145 cm³/mol. The summed E-state index contributed by atoms with van der Waals surface area (Å²) in [4.78, 5) is 49.5. The van der Waals surface area contributed by atoms with Crippen molar-refractivity contribution in [2.24, 2.45) is 5.92 Å². The van der Waals surface area contributed by atoms with Gasteiger partial charge in [-0.25, -0.2) is 0 Å². The molecule has 3 aliphatic rings. The van der Waals surface area contributed by atoms with Crippen LogP contribution in [-0.2, 0) is 10.2 Å². The number of pyridine rings is 1. The molecule has 1 N–H and O–H groups in total. The van der Waals surface area contributed by atoms with Gasteiger partial charge in [0.1, 0.15) is 17.2 Å². The lowest BCUT2D eigenvalue weighted by atomic mass is 9.64. The van der Waals surface area contributed by atoms with E-state index in [-0.39, 0.29) is 23.2 Å². The van der Waals surface area contributed by atoms with E-state index >= 15 is 0 Å². The van der Waals surface area contributed by atoms with Crippen LogP contribution in [0.1, 0.15) is 32.0 Å². The van der Waals surface area contributed by atoms with Crippen LogP contribution in [0.15, 0.2) is 109 Å². The van der Waals surface area contributed by atoms with Crippen LogP contribution in [0.4, 0.5) is 11.4 Å². The molecule has 6 heteroatoms. The van der Waals surface area contributed by atoms with E-state index in [1.807, 2.05) is 83.8 Å². The summed E-state index contributed by atoms with van der Waals surface area (Å²) in [7, 11) is 0. The number of amides is 1. The minimum Gasteiger partial charge on any atom is -0.352 e. The molecule has 1 aromatic heterocycles. The first-order valence-electron chi connectivity index (χ1n) is 12.6. The highest BCUT2D eigenvalue weighted by Gasteiger charge is 2.70. The molecule has 4 aromatic rings. The fraction of sp³-hybridized carbons (Fsp3) is 0.125. The van der Waals surface area contributed by atoms with Gasteiger partial charge in [-0.1, -0.05) is 84.9 Å². The first kappa shape index (κ1) is 22.4. The predicted octanol–water partition coefficient (Wildman–Crippen LogP) is 4.94. The third-order valence-corrected chi connectivity index (χ3v) is 8.07. The number of carbonyl (C=O) groups is 3. The summed E-state index contributed by atoms with van der Waals surface area (Å²) in [6.07, 6.45) is 5.53. The number of nitrogens with one attached hydrogen (secondary N) is 1. The van der Waals surface area contributed by atoms with Crippen molar-refractivity contribution in [3.8, 4) is 0 Å². The van der Waals surface area contributed by atoms with Crippen LogP contribution in [0, 0.1) is 5.92 Å². The van der Waals surface area contributed by atoms with Crippen molar-refractivity contribution in [2.75, 3.05) is 10.2 Å². The summed E-state index contributed by atoms with van der Waals surface area (Å²) >= 11 is 0. The van der Waals surface area contributed by atoms with Crippen LogP contribution in [0.2, 0.25) is 0 Å². The zero-order valence-corrected chi connectivity index (χ0v) is 20.3. The molecule has 1 spiro atoms. The number of benzene rings is 3. The highest BCUT2D eigenvalue weighted by Crippen LogP contribution is 2.58. The van der Waals surface area contributed by atoms with Crippen molar-refractivity contribution >= 4 is 34.9 Å². The van der Waals surface area contributed by atoms with Gasteiger partial charge in [-0.05, 0) is 35.4 Å². The van der Waals surface area contributed by atoms with Crippen molar-refractivity contribution in [3.05, 3.63) is 132 Å². The van der Waals surface area contributed by atoms with Gasteiger partial charge in [-0.15, -0.1) is 0 Å². The first-order valence-corrected chi connectivity index (χ1v) is 12.6. The van der Waals surface area contributed by atoms with E-state index in [4.69, 9.17) is 0 Å². The molecule has 1 amide bonds. The van der Waals surface area contributed by atoms with Crippen molar-refractivity contribution in [3.63, 3.8) is 0 Å². The van der Waals surface area contributed by atoms with E-state index in [1.54, 1.807) is 36.5 Å². The van der Waals surface area contributed by atoms with Crippen molar-refractivity contribution in [2.45, 2.75) is 17.5 Å². The van der Waals surface area contributed by atoms with Gasteiger partial charge in [0.05, 0.1) is 12.0 Å². The summed E-state index contributed by atoms with van der Waals surface area (Å²) in [6.45, 7) is 0. The summed E-state index contributed by atoms with van der Waals surface area (Å²) in [5.74, 6) is -1.83. The van der Waals surface area contributed by atoms with Crippen LogP contribution in [0.25, 0.3) is 6.08 Å². The zero-order chi connectivity index (χ0) is 25.9. The van der Waals surface area contributed by atoms with E-state index in [1.165, 1.54) is 0 Å². The van der Waals surface area contributed by atoms with Crippen LogP contribution in [0.3, 0.4) is 0 Å². The summed E-state index contributed by atoms with van der Waals surface area (Å²) in [5, 5.41) is 3.04. The number of Topliss-reactive ketones (excluding diaryl/α,β-unsaturated/α-hetero) is 2. The Bertz CT molecular complexity index is 1630. The molecule has 0 radical (unpaired) electrons. The number of rotatable bonds is 4. The summed E-state index contributed by atoms with van der Waals surface area (Å²) in [5.41, 5.74) is 2.54. The van der Waals surface area contributed by atoms with E-state index < -0.39 is 23.4 Å². The molecule has 4 heterocycles. The maximum Gasteiger partial charge on any atom is 0.238 e. The lowest BCUT2D eigenvalue weighted by molar-refractivity contribution is -0.121. The lowest BCUT2D eigenvalue weighted by Gasteiger charge is -2.37. The van der Waals surface area contributed by atoms with Gasteiger partial charge in [-0.2, -0.15) is 0 Å². The summed E-state index contributed by atoms with van der Waals surface area (Å²) in [6, 6.07) is 27.9. The lowest BCUT2D eigenvalue weighted by Crippen LogP contribution is -2.51. The zero-order valence-electron chi connectivity index (χ0n) is 20.3. The molecule has 0 aliphatic carbocycles. The first-order chi connectivity index (χ1) is 18.6. The largest absolute Gasteiger partial charge is 0.352 e. The van der Waals surface area contributed by atoms with Gasteiger partial charge in [0.15, 0.2) is 11.6 Å². The number of nitrogens with zero attached hydrogens (tertiary/aromatic N) is 2. The Balaban J connectivity index is 1.55. The van der Waals surface area contributed by atoms with Crippen molar-refractivity contribution in [1.82, 2.24) is 4.98 Å². The normalized spacial score (nSPS) is 24.5. The van der Waals surface area contributed by atoms with Gasteiger partial charge < -0.3 is 10.2 Å². The molecule has 184 valence electrons. The SMILES string of the molecule is O=C(c1ccccc1)[C@@H]1[C@H](C(=O)c2ccccn2)[C@@]2(C(=O)Nc3ccccc32)[C@@H]2C=Cc3ccccc3N12. The molecule has 4 atom stereocenters. The number of aromatic nitrogens is 1. The van der Waals surface area contributed by atoms with Crippen LogP contribution >= 0.6 is 0 Å². The molecule has 1 saturated heterocycles. The second-order valence-electron chi connectivity index (χ2n) is 9.87. The number of hydrogen-bond acceptors (Lipinski definition) is 5. The Morgan fingerprint density at radius 1 is 0.816 bits per heavy atom. The summed E-state index contributed by atoms with van der Waals surface area (Å²) < 4.78 is 0. The van der Waals surface area contributed by atoms with E-state index in [9.17, 15) is 14.4 Å². The number of anilines is 2. The minimum absolute atomic E-state index is 0.205. The highest BCUT2D eigenvalue weighted by atomic mass is 16.2. The third-order valence-electron chi connectivity index (χ3n) is 8.07. The molecule has 0 bridgehead atoms. The standard InChI is InChI=1S/C32H23N3O3/c36-29(21-11-2-1-3-12-21)28-27(30(37)24-15-8-9-19-33-24)32(22-13-5-6-14-23(22)34-31(32)38)26-18-17-20-10-4-7-16-25(20)35(26)28/h1-19,26-28H,(H,34,38)/t26-,27+,28-,32-/m0/s1.